The average Bonchev–Trinajstić information content (AvgIpc) is 3.30. The van der Waals surface area contributed by atoms with E-state index >= 15 is 0 Å². The summed E-state index contributed by atoms with van der Waals surface area (Å²) in [5, 5.41) is 4.14. The maximum atomic E-state index is 12.9. The summed E-state index contributed by atoms with van der Waals surface area (Å²) in [5.41, 5.74) is 0.917. The molecule has 2 aliphatic heterocycles. The van der Waals surface area contributed by atoms with E-state index in [4.69, 9.17) is 4.42 Å². The Hall–Kier alpha value is -2.57. The van der Waals surface area contributed by atoms with Crippen LogP contribution in [0.25, 0.3) is 0 Å². The number of amides is 2. The summed E-state index contributed by atoms with van der Waals surface area (Å²) in [7, 11) is 1.83. The van der Waals surface area contributed by atoms with Gasteiger partial charge in [0.25, 0.3) is 5.91 Å². The van der Waals surface area contributed by atoms with Gasteiger partial charge in [-0.3, -0.25) is 14.3 Å². The number of carbonyl (C=O) groups excluding carboxylic acids is 2. The number of hydrogen-bond donors (Lipinski definition) is 0. The van der Waals surface area contributed by atoms with Gasteiger partial charge in [-0.15, -0.1) is 0 Å². The Morgan fingerprint density at radius 3 is 2.87 bits per heavy atom. The predicted molar refractivity (Wildman–Crippen MR) is 81.8 cm³/mol. The highest BCUT2D eigenvalue weighted by molar-refractivity contribution is 6.01. The minimum atomic E-state index is -0.449. The lowest BCUT2D eigenvalue weighted by molar-refractivity contribution is -0.124. The van der Waals surface area contributed by atoms with E-state index in [1.807, 2.05) is 13.2 Å². The maximum absolute atomic E-state index is 12.9. The van der Waals surface area contributed by atoms with Crippen LogP contribution in [-0.4, -0.2) is 46.1 Å². The average molecular weight is 314 g/mol. The molecule has 0 unspecified atom stereocenters. The first-order valence-corrected chi connectivity index (χ1v) is 7.71. The largest absolute Gasteiger partial charge is 0.472 e. The summed E-state index contributed by atoms with van der Waals surface area (Å²) in [6, 6.07) is 1.66. The van der Waals surface area contributed by atoms with E-state index in [0.29, 0.717) is 31.6 Å². The number of carbonyl (C=O) groups is 2. The number of rotatable bonds is 2. The number of aryl methyl sites for hydroxylation is 1. The summed E-state index contributed by atoms with van der Waals surface area (Å²) >= 11 is 0. The van der Waals surface area contributed by atoms with E-state index < -0.39 is 5.41 Å². The molecule has 2 aromatic rings. The molecule has 0 aliphatic carbocycles. The number of likely N-dealkylation sites (tertiary alicyclic amines) is 1. The van der Waals surface area contributed by atoms with Crippen molar-refractivity contribution in [3.63, 3.8) is 0 Å². The highest BCUT2D eigenvalue weighted by atomic mass is 16.3. The standard InChI is InChI=1S/C16H18N4O3/c1-18-9-13(8-17-18)20-6-4-16(15(20)22)3-5-19(11-16)14(21)12-2-7-23-10-12/h2,7-10H,3-6,11H2,1H3/t16-/m1/s1. The Bertz CT molecular complexity index is 751. The van der Waals surface area contributed by atoms with Crippen molar-refractivity contribution >= 4 is 17.5 Å². The third-order valence-corrected chi connectivity index (χ3v) is 4.92. The Morgan fingerprint density at radius 2 is 2.17 bits per heavy atom. The minimum Gasteiger partial charge on any atom is -0.472 e. The summed E-state index contributed by atoms with van der Waals surface area (Å²) in [4.78, 5) is 28.9. The number of nitrogens with zero attached hydrogens (tertiary/aromatic N) is 4. The van der Waals surface area contributed by atoms with Crippen LogP contribution in [0, 0.1) is 5.41 Å². The third-order valence-electron chi connectivity index (χ3n) is 4.92. The van der Waals surface area contributed by atoms with Gasteiger partial charge in [-0.1, -0.05) is 0 Å². The first-order chi connectivity index (χ1) is 11.1. The van der Waals surface area contributed by atoms with Crippen molar-refractivity contribution < 1.29 is 14.0 Å². The first kappa shape index (κ1) is 14.0. The molecule has 0 saturated carbocycles. The number of anilines is 1. The fraction of sp³-hybridized carbons (Fsp3) is 0.438. The predicted octanol–water partition coefficient (Wildman–Crippen LogP) is 1.28. The summed E-state index contributed by atoms with van der Waals surface area (Å²) < 4.78 is 6.67. The van der Waals surface area contributed by atoms with Crippen molar-refractivity contribution in [3.05, 3.63) is 36.5 Å². The molecule has 120 valence electrons. The quantitative estimate of drug-likeness (QED) is 0.837. The van der Waals surface area contributed by atoms with Gasteiger partial charge in [-0.25, -0.2) is 0 Å². The van der Waals surface area contributed by atoms with Crippen LogP contribution in [0.4, 0.5) is 5.69 Å². The van der Waals surface area contributed by atoms with Crippen LogP contribution in [0.3, 0.4) is 0 Å². The molecule has 2 amide bonds. The van der Waals surface area contributed by atoms with E-state index in [0.717, 1.165) is 12.1 Å². The second-order valence-electron chi connectivity index (χ2n) is 6.35. The van der Waals surface area contributed by atoms with Gasteiger partial charge in [0, 0.05) is 32.9 Å². The molecule has 2 aromatic heterocycles. The van der Waals surface area contributed by atoms with Crippen molar-refractivity contribution in [1.82, 2.24) is 14.7 Å². The van der Waals surface area contributed by atoms with Crippen molar-refractivity contribution in [3.8, 4) is 0 Å². The van der Waals surface area contributed by atoms with Crippen molar-refractivity contribution in [2.24, 2.45) is 12.5 Å². The van der Waals surface area contributed by atoms with Crippen LogP contribution >= 0.6 is 0 Å². The molecule has 2 saturated heterocycles. The maximum Gasteiger partial charge on any atom is 0.257 e. The monoisotopic (exact) mass is 314 g/mol. The normalized spacial score (nSPS) is 24.1. The van der Waals surface area contributed by atoms with Gasteiger partial charge in [0.05, 0.1) is 29.1 Å². The fourth-order valence-corrected chi connectivity index (χ4v) is 3.61. The van der Waals surface area contributed by atoms with Gasteiger partial charge < -0.3 is 14.2 Å². The number of hydrogen-bond acceptors (Lipinski definition) is 4. The van der Waals surface area contributed by atoms with Gasteiger partial charge in [-0.05, 0) is 18.9 Å². The van der Waals surface area contributed by atoms with Gasteiger partial charge in [0.1, 0.15) is 6.26 Å². The molecule has 2 aliphatic rings. The van der Waals surface area contributed by atoms with Crippen molar-refractivity contribution in [2.75, 3.05) is 24.5 Å². The molecule has 23 heavy (non-hydrogen) atoms. The van der Waals surface area contributed by atoms with Crippen molar-refractivity contribution in [2.45, 2.75) is 12.8 Å². The van der Waals surface area contributed by atoms with Crippen LogP contribution in [-0.2, 0) is 11.8 Å². The number of aromatic nitrogens is 2. The highest BCUT2D eigenvalue weighted by Gasteiger charge is 2.52. The smallest absolute Gasteiger partial charge is 0.257 e. The van der Waals surface area contributed by atoms with Crippen LogP contribution in [0.1, 0.15) is 23.2 Å². The van der Waals surface area contributed by atoms with Crippen LogP contribution in [0.5, 0.6) is 0 Å². The molecule has 0 bridgehead atoms. The molecule has 0 N–H and O–H groups in total. The first-order valence-electron chi connectivity index (χ1n) is 7.71. The zero-order chi connectivity index (χ0) is 16.0. The summed E-state index contributed by atoms with van der Waals surface area (Å²) in [6.45, 7) is 1.77. The van der Waals surface area contributed by atoms with Gasteiger partial charge in [-0.2, -0.15) is 5.10 Å². The van der Waals surface area contributed by atoms with E-state index in [-0.39, 0.29) is 11.8 Å². The van der Waals surface area contributed by atoms with Crippen molar-refractivity contribution in [1.29, 1.82) is 0 Å². The van der Waals surface area contributed by atoms with Gasteiger partial charge >= 0.3 is 0 Å². The lowest BCUT2D eigenvalue weighted by Crippen LogP contribution is -2.38. The van der Waals surface area contributed by atoms with Crippen LogP contribution < -0.4 is 4.90 Å². The van der Waals surface area contributed by atoms with Gasteiger partial charge in [0.2, 0.25) is 5.91 Å². The SMILES string of the molecule is Cn1cc(N2CC[C@@]3(CCN(C(=O)c4ccoc4)C3)C2=O)cn1. The Labute approximate surface area is 133 Å². The lowest BCUT2D eigenvalue weighted by Gasteiger charge is -2.23. The molecule has 0 radical (unpaired) electrons. The van der Waals surface area contributed by atoms with E-state index in [2.05, 4.69) is 5.10 Å². The minimum absolute atomic E-state index is 0.0664. The lowest BCUT2D eigenvalue weighted by atomic mass is 9.85. The summed E-state index contributed by atoms with van der Waals surface area (Å²) in [6.07, 6.45) is 7.98. The second-order valence-corrected chi connectivity index (χ2v) is 6.35. The molecular formula is C16H18N4O3. The Morgan fingerprint density at radius 1 is 1.35 bits per heavy atom. The molecular weight excluding hydrogens is 296 g/mol. The third kappa shape index (κ3) is 2.15. The van der Waals surface area contributed by atoms with Gasteiger partial charge in [0.15, 0.2) is 0 Å². The van der Waals surface area contributed by atoms with Crippen LogP contribution in [0.2, 0.25) is 0 Å². The Balaban J connectivity index is 1.52. The number of furan rings is 1. The zero-order valence-electron chi connectivity index (χ0n) is 12.9. The summed E-state index contributed by atoms with van der Waals surface area (Å²) in [5.74, 6) is 0.0382. The molecule has 7 nitrogen and oxygen atoms in total. The fourth-order valence-electron chi connectivity index (χ4n) is 3.61. The molecule has 1 spiro atoms. The zero-order valence-corrected chi connectivity index (χ0v) is 12.9. The Kier molecular flexibility index (Phi) is 3.04. The van der Waals surface area contributed by atoms with E-state index in [1.165, 1.54) is 12.5 Å². The second kappa shape index (κ2) is 4.97. The van der Waals surface area contributed by atoms with E-state index in [1.54, 1.807) is 26.7 Å². The molecule has 2 fully saturated rings. The molecule has 1 atom stereocenters. The molecule has 4 rings (SSSR count). The topological polar surface area (TPSA) is 71.6 Å². The molecule has 7 heteroatoms. The van der Waals surface area contributed by atoms with E-state index in [9.17, 15) is 9.59 Å². The molecule has 4 heterocycles. The van der Waals surface area contributed by atoms with Crippen LogP contribution in [0.15, 0.2) is 35.4 Å². The highest BCUT2D eigenvalue weighted by Crippen LogP contribution is 2.42. The molecule has 0 aromatic carbocycles.